The number of aryl methyl sites for hydroxylation is 3. The first-order chi connectivity index (χ1) is 19.2. The third-order valence-corrected chi connectivity index (χ3v) is 7.10. The smallest absolute Gasteiger partial charge is 0.337 e. The summed E-state index contributed by atoms with van der Waals surface area (Å²) < 4.78 is 43.8. The second kappa shape index (κ2) is 9.11. The number of carbonyl (C=O) groups excluding carboxylic acids is 1. The molecule has 5 aromatic rings. The molecule has 1 unspecified atom stereocenters. The number of ether oxygens (including phenoxy) is 2. The Balaban J connectivity index is 1.68. The van der Waals surface area contributed by atoms with Crippen molar-refractivity contribution in [2.24, 2.45) is 13.0 Å². The van der Waals surface area contributed by atoms with Crippen molar-refractivity contribution < 1.29 is 22.9 Å². The van der Waals surface area contributed by atoms with Gasteiger partial charge in [0.15, 0.2) is 0 Å². The van der Waals surface area contributed by atoms with Crippen molar-refractivity contribution in [3.05, 3.63) is 59.2 Å². The number of benzene rings is 1. The Labute approximate surface area is 217 Å². The Morgan fingerprint density at radius 3 is 2.78 bits per heavy atom. The summed E-state index contributed by atoms with van der Waals surface area (Å²) in [6.07, 6.45) is 3.24. The third-order valence-electron chi connectivity index (χ3n) is 7.10. The Hall–Kier alpha value is -4.05. The van der Waals surface area contributed by atoms with Crippen LogP contribution in [0.1, 0.15) is 50.5 Å². The van der Waals surface area contributed by atoms with Crippen molar-refractivity contribution in [2.45, 2.75) is 32.7 Å². The van der Waals surface area contributed by atoms with Crippen LogP contribution >= 0.6 is 0 Å². The maximum atomic E-state index is 12.5. The average Bonchev–Trinajstić information content (AvgIpc) is 3.64. The molecule has 37 heavy (non-hydrogen) atoms. The third kappa shape index (κ3) is 3.88. The van der Waals surface area contributed by atoms with Crippen LogP contribution < -0.4 is 0 Å². The molecule has 6 rings (SSSR count). The van der Waals surface area contributed by atoms with Gasteiger partial charge in [-0.15, -0.1) is 5.10 Å². The highest BCUT2D eigenvalue weighted by Crippen LogP contribution is 2.41. The van der Waals surface area contributed by atoms with Crippen molar-refractivity contribution >= 4 is 27.9 Å². The maximum Gasteiger partial charge on any atom is 0.337 e. The van der Waals surface area contributed by atoms with E-state index in [1.54, 1.807) is 25.4 Å². The van der Waals surface area contributed by atoms with E-state index in [9.17, 15) is 4.79 Å². The van der Waals surface area contributed by atoms with Gasteiger partial charge in [-0.2, -0.15) is 0 Å². The van der Waals surface area contributed by atoms with Crippen LogP contribution in [0.2, 0.25) is 0 Å². The molecule has 1 aliphatic rings. The van der Waals surface area contributed by atoms with Gasteiger partial charge < -0.3 is 18.6 Å². The van der Waals surface area contributed by atoms with Crippen LogP contribution in [0.4, 0.5) is 0 Å². The zero-order chi connectivity index (χ0) is 28.2. The van der Waals surface area contributed by atoms with E-state index in [-0.39, 0.29) is 17.7 Å². The minimum atomic E-state index is -2.45. The molecular weight excluding hydrogens is 472 g/mol. The van der Waals surface area contributed by atoms with Gasteiger partial charge in [-0.05, 0) is 56.8 Å². The first kappa shape index (κ1) is 20.1. The SMILES string of the molecule is [2H]C([2H])([2H])c1nnn(C)c1-c1cnc2c3ccc(C(=O)OC)cc3n(C(c3cc(C)on3)C3CCOCC3)c2c1. The molecule has 10 nitrogen and oxygen atoms in total. The fraction of sp³-hybridized carbons (Fsp3) is 0.370. The summed E-state index contributed by atoms with van der Waals surface area (Å²) in [6, 6.07) is 8.96. The topological polar surface area (TPSA) is 110 Å². The Morgan fingerprint density at radius 2 is 2.05 bits per heavy atom. The van der Waals surface area contributed by atoms with Crippen molar-refractivity contribution in [1.82, 2.24) is 29.7 Å². The highest BCUT2D eigenvalue weighted by Gasteiger charge is 2.32. The minimum absolute atomic E-state index is 0.0973. The summed E-state index contributed by atoms with van der Waals surface area (Å²) in [6.45, 7) is 0.636. The van der Waals surface area contributed by atoms with Gasteiger partial charge in [0.25, 0.3) is 0 Å². The monoisotopic (exact) mass is 503 g/mol. The van der Waals surface area contributed by atoms with Crippen LogP contribution in [0.5, 0.6) is 0 Å². The van der Waals surface area contributed by atoms with Gasteiger partial charge in [0, 0.05) is 47.6 Å². The number of carbonyl (C=O) groups is 1. The summed E-state index contributed by atoms with van der Waals surface area (Å²) in [4.78, 5) is 17.4. The largest absolute Gasteiger partial charge is 0.465 e. The molecule has 1 atom stereocenters. The quantitative estimate of drug-likeness (QED) is 0.325. The normalized spacial score (nSPS) is 17.0. The van der Waals surface area contributed by atoms with E-state index in [2.05, 4.69) is 20.0 Å². The summed E-state index contributed by atoms with van der Waals surface area (Å²) in [5, 5.41) is 13.2. The molecule has 0 radical (unpaired) electrons. The molecule has 5 heterocycles. The van der Waals surface area contributed by atoms with E-state index < -0.39 is 12.8 Å². The minimum Gasteiger partial charge on any atom is -0.465 e. The van der Waals surface area contributed by atoms with Crippen molar-refractivity contribution in [1.29, 1.82) is 0 Å². The highest BCUT2D eigenvalue weighted by atomic mass is 16.5. The Morgan fingerprint density at radius 1 is 1.22 bits per heavy atom. The van der Waals surface area contributed by atoms with E-state index in [0.29, 0.717) is 41.3 Å². The zero-order valence-electron chi connectivity index (χ0n) is 23.8. The van der Waals surface area contributed by atoms with E-state index in [1.165, 1.54) is 11.8 Å². The lowest BCUT2D eigenvalue weighted by Gasteiger charge is -2.31. The predicted octanol–water partition coefficient (Wildman–Crippen LogP) is 4.39. The van der Waals surface area contributed by atoms with Crippen LogP contribution in [0.15, 0.2) is 41.1 Å². The van der Waals surface area contributed by atoms with E-state index in [4.69, 9.17) is 23.1 Å². The molecule has 10 heteroatoms. The molecule has 0 amide bonds. The van der Waals surface area contributed by atoms with Gasteiger partial charge in [0.05, 0.1) is 46.7 Å². The number of hydrogen-bond donors (Lipinski definition) is 0. The molecule has 0 bridgehead atoms. The number of esters is 1. The van der Waals surface area contributed by atoms with Crippen molar-refractivity contribution in [2.75, 3.05) is 20.3 Å². The molecule has 4 aromatic heterocycles. The number of hydrogen-bond acceptors (Lipinski definition) is 8. The van der Waals surface area contributed by atoms with Gasteiger partial charge in [0.1, 0.15) is 11.5 Å². The van der Waals surface area contributed by atoms with Crippen LogP contribution in [0.25, 0.3) is 33.2 Å². The summed E-state index contributed by atoms with van der Waals surface area (Å²) in [5.41, 5.74) is 4.22. The van der Waals surface area contributed by atoms with Crippen LogP contribution in [0.3, 0.4) is 0 Å². The molecule has 0 N–H and O–H groups in total. The van der Waals surface area contributed by atoms with Gasteiger partial charge in [-0.3, -0.25) is 4.98 Å². The van der Waals surface area contributed by atoms with Crippen molar-refractivity contribution in [3.8, 4) is 11.3 Å². The molecule has 0 spiro atoms. The second-order valence-corrected chi connectivity index (χ2v) is 9.35. The highest BCUT2D eigenvalue weighted by molar-refractivity contribution is 6.08. The van der Waals surface area contributed by atoms with Gasteiger partial charge in [0.2, 0.25) is 0 Å². The second-order valence-electron chi connectivity index (χ2n) is 9.35. The standard InChI is InChI=1S/C27H28N6O4/c1-15-11-21(30-37-15)26(17-7-9-36-10-8-17)33-22-12-18(27(34)35-4)5-6-20(22)24-23(33)13-19(14-28-24)25-16(2)29-31-32(25)3/h5-6,11-14,17,26H,7-10H2,1-4H3/i2D3. The lowest BCUT2D eigenvalue weighted by Crippen LogP contribution is -2.27. The lowest BCUT2D eigenvalue weighted by atomic mass is 9.89. The van der Waals surface area contributed by atoms with Crippen LogP contribution in [-0.4, -0.2) is 56.0 Å². The number of methoxy groups -OCH3 is 1. The van der Waals surface area contributed by atoms with Crippen molar-refractivity contribution in [3.63, 3.8) is 0 Å². The molecule has 1 aromatic carbocycles. The molecular formula is C27H28N6O4. The van der Waals surface area contributed by atoms with E-state index in [1.807, 2.05) is 25.1 Å². The molecule has 0 saturated carbocycles. The average molecular weight is 504 g/mol. The maximum absolute atomic E-state index is 12.5. The fourth-order valence-corrected chi connectivity index (χ4v) is 5.40. The molecule has 1 aliphatic heterocycles. The first-order valence-electron chi connectivity index (χ1n) is 13.6. The first-order valence-corrected chi connectivity index (χ1v) is 12.1. The number of aromatic nitrogens is 6. The molecule has 1 fully saturated rings. The van der Waals surface area contributed by atoms with Gasteiger partial charge in [-0.1, -0.05) is 10.4 Å². The lowest BCUT2D eigenvalue weighted by molar-refractivity contribution is 0.0543. The van der Waals surface area contributed by atoms with Gasteiger partial charge >= 0.3 is 5.97 Å². The molecule has 0 aliphatic carbocycles. The fourth-order valence-electron chi connectivity index (χ4n) is 5.40. The Kier molecular flexibility index (Phi) is 4.94. The number of nitrogens with zero attached hydrogens (tertiary/aromatic N) is 6. The van der Waals surface area contributed by atoms with Crippen LogP contribution in [0, 0.1) is 19.7 Å². The summed E-state index contributed by atoms with van der Waals surface area (Å²) in [5.74, 6) is 0.388. The number of rotatable bonds is 5. The molecule has 1 saturated heterocycles. The van der Waals surface area contributed by atoms with Crippen LogP contribution in [-0.2, 0) is 16.5 Å². The van der Waals surface area contributed by atoms with E-state index in [0.717, 1.165) is 35.0 Å². The molecule has 190 valence electrons. The summed E-state index contributed by atoms with van der Waals surface area (Å²) in [7, 11) is 3.01. The predicted molar refractivity (Wildman–Crippen MR) is 136 cm³/mol. The van der Waals surface area contributed by atoms with E-state index >= 15 is 0 Å². The van der Waals surface area contributed by atoms with Gasteiger partial charge in [-0.25, -0.2) is 9.48 Å². The zero-order valence-corrected chi connectivity index (χ0v) is 20.8. The summed E-state index contributed by atoms with van der Waals surface area (Å²) >= 11 is 0. The Bertz CT molecular complexity index is 1730. The number of fused-ring (bicyclic) bond motifs is 3. The number of pyridine rings is 1.